The number of aryl methyl sites for hydroxylation is 1. The molecule has 1 atom stereocenters. The third kappa shape index (κ3) is 5.64. The number of ether oxygens (including phenoxy) is 1. The minimum atomic E-state index is -0.710. The predicted molar refractivity (Wildman–Crippen MR) is 115 cm³/mol. The fourth-order valence-corrected chi connectivity index (χ4v) is 3.34. The van der Waals surface area contributed by atoms with Crippen LogP contribution >= 0.6 is 11.6 Å². The van der Waals surface area contributed by atoms with E-state index in [1.807, 2.05) is 25.1 Å². The third-order valence-electron chi connectivity index (χ3n) is 4.98. The predicted octanol–water partition coefficient (Wildman–Crippen LogP) is 2.88. The molecule has 1 unspecified atom stereocenters. The number of nitrogens with one attached hydrogen (secondary N) is 1. The van der Waals surface area contributed by atoms with Gasteiger partial charge in [-0.25, -0.2) is 0 Å². The van der Waals surface area contributed by atoms with E-state index in [0.717, 1.165) is 24.3 Å². The molecule has 154 valence electrons. The Kier molecular flexibility index (Phi) is 6.99. The number of nitrogens with zero attached hydrogens (tertiary/aromatic N) is 2. The molecule has 0 radical (unpaired) electrons. The zero-order valence-corrected chi connectivity index (χ0v) is 17.5. The molecule has 0 aromatic heterocycles. The van der Waals surface area contributed by atoms with Crippen molar-refractivity contribution >= 4 is 29.1 Å². The van der Waals surface area contributed by atoms with Gasteiger partial charge in [0.15, 0.2) is 6.10 Å². The van der Waals surface area contributed by atoms with Gasteiger partial charge >= 0.3 is 0 Å². The molecular formula is C22H26ClN3O3. The lowest BCUT2D eigenvalue weighted by molar-refractivity contribution is -0.134. The van der Waals surface area contributed by atoms with Crippen LogP contribution in [0.25, 0.3) is 0 Å². The zero-order valence-electron chi connectivity index (χ0n) is 16.7. The quantitative estimate of drug-likeness (QED) is 0.788. The Balaban J connectivity index is 1.43. The normalized spacial score (nSPS) is 15.0. The first-order valence-corrected chi connectivity index (χ1v) is 10.1. The minimum Gasteiger partial charge on any atom is -0.481 e. The van der Waals surface area contributed by atoms with Crippen molar-refractivity contribution in [3.05, 3.63) is 59.1 Å². The lowest BCUT2D eigenvalue weighted by Gasteiger charge is -2.36. The van der Waals surface area contributed by atoms with Gasteiger partial charge in [0, 0.05) is 36.9 Å². The first-order chi connectivity index (χ1) is 13.9. The lowest BCUT2D eigenvalue weighted by atomic mass is 10.2. The van der Waals surface area contributed by atoms with Gasteiger partial charge in [-0.2, -0.15) is 0 Å². The van der Waals surface area contributed by atoms with Crippen molar-refractivity contribution < 1.29 is 14.3 Å². The van der Waals surface area contributed by atoms with Crippen LogP contribution in [0.1, 0.15) is 12.5 Å². The number of carbonyl (C=O) groups excluding carboxylic acids is 2. The summed E-state index contributed by atoms with van der Waals surface area (Å²) < 4.78 is 5.65. The molecule has 1 aliphatic rings. The van der Waals surface area contributed by atoms with Crippen LogP contribution in [0.5, 0.6) is 5.75 Å². The van der Waals surface area contributed by atoms with Crippen LogP contribution in [0.4, 0.5) is 5.69 Å². The Labute approximate surface area is 176 Å². The summed E-state index contributed by atoms with van der Waals surface area (Å²) in [5.41, 5.74) is 2.04. The highest BCUT2D eigenvalue weighted by molar-refractivity contribution is 6.31. The van der Waals surface area contributed by atoms with Crippen molar-refractivity contribution in [1.82, 2.24) is 10.2 Å². The monoisotopic (exact) mass is 415 g/mol. The number of hydrogen-bond acceptors (Lipinski definition) is 4. The summed E-state index contributed by atoms with van der Waals surface area (Å²) in [7, 11) is 0. The molecule has 1 N–H and O–H groups in total. The van der Waals surface area contributed by atoms with Crippen LogP contribution < -0.4 is 15.0 Å². The van der Waals surface area contributed by atoms with Crippen molar-refractivity contribution in [2.75, 3.05) is 37.6 Å². The van der Waals surface area contributed by atoms with Gasteiger partial charge in [0.05, 0.1) is 6.54 Å². The third-order valence-corrected chi connectivity index (χ3v) is 5.40. The number of hydrogen-bond donors (Lipinski definition) is 1. The number of piperazine rings is 1. The number of rotatable bonds is 6. The average Bonchev–Trinajstić information content (AvgIpc) is 2.75. The second-order valence-corrected chi connectivity index (χ2v) is 7.50. The molecule has 7 heteroatoms. The van der Waals surface area contributed by atoms with Crippen molar-refractivity contribution in [1.29, 1.82) is 0 Å². The van der Waals surface area contributed by atoms with Gasteiger partial charge in [-0.3, -0.25) is 9.59 Å². The number of carbonyl (C=O) groups is 2. The van der Waals surface area contributed by atoms with E-state index in [4.69, 9.17) is 16.3 Å². The molecule has 1 heterocycles. The van der Waals surface area contributed by atoms with E-state index in [-0.39, 0.29) is 18.4 Å². The largest absolute Gasteiger partial charge is 0.481 e. The molecule has 3 rings (SSSR count). The highest BCUT2D eigenvalue weighted by atomic mass is 35.5. The second-order valence-electron chi connectivity index (χ2n) is 7.09. The maximum absolute atomic E-state index is 12.4. The number of para-hydroxylation sites is 1. The van der Waals surface area contributed by atoms with Gasteiger partial charge in [0.2, 0.25) is 5.91 Å². The van der Waals surface area contributed by atoms with Gasteiger partial charge in [-0.05, 0) is 49.7 Å². The molecular weight excluding hydrogens is 390 g/mol. The number of halogens is 1. The summed E-state index contributed by atoms with van der Waals surface area (Å²) in [4.78, 5) is 28.8. The van der Waals surface area contributed by atoms with Gasteiger partial charge in [0.1, 0.15) is 5.75 Å². The molecule has 0 spiro atoms. The molecule has 2 aromatic rings. The standard InChI is InChI=1S/C22H26ClN3O3/c1-16-14-19(8-9-20(16)23)29-17(2)22(28)24-15-21(27)26-12-10-25(11-13-26)18-6-4-3-5-7-18/h3-9,14,17H,10-13,15H2,1-2H3,(H,24,28). The van der Waals surface area contributed by atoms with Crippen LogP contribution in [0, 0.1) is 6.92 Å². The Morgan fingerprint density at radius 3 is 2.45 bits per heavy atom. The Bertz CT molecular complexity index is 852. The highest BCUT2D eigenvalue weighted by Crippen LogP contribution is 2.22. The minimum absolute atomic E-state index is 0.0302. The summed E-state index contributed by atoms with van der Waals surface area (Å²) in [5, 5.41) is 3.32. The summed E-state index contributed by atoms with van der Waals surface area (Å²) in [5.74, 6) is 0.160. The molecule has 29 heavy (non-hydrogen) atoms. The molecule has 1 fully saturated rings. The lowest BCUT2D eigenvalue weighted by Crippen LogP contribution is -2.52. The Morgan fingerprint density at radius 1 is 1.10 bits per heavy atom. The summed E-state index contributed by atoms with van der Waals surface area (Å²) >= 11 is 6.00. The van der Waals surface area contributed by atoms with E-state index >= 15 is 0 Å². The fourth-order valence-electron chi connectivity index (χ4n) is 3.22. The van der Waals surface area contributed by atoms with Crippen LogP contribution in [-0.4, -0.2) is 55.5 Å². The van der Waals surface area contributed by atoms with Crippen molar-refractivity contribution in [2.45, 2.75) is 20.0 Å². The summed E-state index contributed by atoms with van der Waals surface area (Å²) in [6.45, 7) is 6.33. The van der Waals surface area contributed by atoms with Gasteiger partial charge in [-0.1, -0.05) is 29.8 Å². The molecule has 6 nitrogen and oxygen atoms in total. The van der Waals surface area contributed by atoms with Crippen LogP contribution in [-0.2, 0) is 9.59 Å². The van der Waals surface area contributed by atoms with E-state index in [9.17, 15) is 9.59 Å². The molecule has 0 saturated carbocycles. The van der Waals surface area contributed by atoms with Crippen LogP contribution in [0.15, 0.2) is 48.5 Å². The number of benzene rings is 2. The smallest absolute Gasteiger partial charge is 0.261 e. The van der Waals surface area contributed by atoms with E-state index < -0.39 is 6.10 Å². The van der Waals surface area contributed by atoms with Crippen LogP contribution in [0.3, 0.4) is 0 Å². The molecule has 0 bridgehead atoms. The molecule has 1 saturated heterocycles. The highest BCUT2D eigenvalue weighted by Gasteiger charge is 2.22. The second kappa shape index (κ2) is 9.65. The van der Waals surface area contributed by atoms with E-state index in [1.54, 1.807) is 30.0 Å². The fraction of sp³-hybridized carbons (Fsp3) is 0.364. The SMILES string of the molecule is Cc1cc(OC(C)C(=O)NCC(=O)N2CCN(c3ccccc3)CC2)ccc1Cl. The topological polar surface area (TPSA) is 61.9 Å². The first kappa shape index (κ1) is 21.0. The van der Waals surface area contributed by atoms with Gasteiger partial charge < -0.3 is 19.9 Å². The molecule has 2 aromatic carbocycles. The van der Waals surface area contributed by atoms with Crippen molar-refractivity contribution in [3.8, 4) is 5.75 Å². The Morgan fingerprint density at radius 2 is 1.79 bits per heavy atom. The van der Waals surface area contributed by atoms with Crippen molar-refractivity contribution in [2.24, 2.45) is 0 Å². The molecule has 0 aliphatic carbocycles. The molecule has 2 amide bonds. The van der Waals surface area contributed by atoms with Crippen molar-refractivity contribution in [3.63, 3.8) is 0 Å². The maximum Gasteiger partial charge on any atom is 0.261 e. The number of anilines is 1. The zero-order chi connectivity index (χ0) is 20.8. The number of amides is 2. The maximum atomic E-state index is 12.4. The van der Waals surface area contributed by atoms with E-state index in [1.165, 1.54) is 0 Å². The van der Waals surface area contributed by atoms with Crippen LogP contribution in [0.2, 0.25) is 5.02 Å². The Hall–Kier alpha value is -2.73. The van der Waals surface area contributed by atoms with E-state index in [2.05, 4.69) is 22.3 Å². The van der Waals surface area contributed by atoms with Gasteiger partial charge in [0.25, 0.3) is 5.91 Å². The summed E-state index contributed by atoms with van der Waals surface area (Å²) in [6.07, 6.45) is -0.710. The summed E-state index contributed by atoms with van der Waals surface area (Å²) in [6, 6.07) is 15.4. The first-order valence-electron chi connectivity index (χ1n) is 9.72. The van der Waals surface area contributed by atoms with Gasteiger partial charge in [-0.15, -0.1) is 0 Å². The van der Waals surface area contributed by atoms with E-state index in [0.29, 0.717) is 23.9 Å². The molecule has 1 aliphatic heterocycles. The average molecular weight is 416 g/mol.